The van der Waals surface area contributed by atoms with Crippen molar-refractivity contribution in [3.05, 3.63) is 57.0 Å². The maximum absolute atomic E-state index is 13.2. The molecule has 0 aromatic carbocycles. The molecule has 0 saturated carbocycles. The second-order valence-electron chi connectivity index (χ2n) is 7.45. The van der Waals surface area contributed by atoms with Crippen LogP contribution in [-0.4, -0.2) is 49.1 Å². The molecule has 2 N–H and O–H groups in total. The van der Waals surface area contributed by atoms with E-state index in [2.05, 4.69) is 25.5 Å². The monoisotopic (exact) mass is 484 g/mol. The van der Waals surface area contributed by atoms with Crippen molar-refractivity contribution in [2.45, 2.75) is 38.8 Å². The molecule has 33 heavy (non-hydrogen) atoms. The van der Waals surface area contributed by atoms with Crippen LogP contribution in [0.1, 0.15) is 23.9 Å². The van der Waals surface area contributed by atoms with Crippen molar-refractivity contribution in [1.82, 2.24) is 29.9 Å². The number of fused-ring (bicyclic) bond motifs is 1. The minimum atomic E-state index is -4.82. The number of nitrogens with zero attached hydrogens (tertiary/aromatic N) is 6. The Balaban J connectivity index is 1.36. The van der Waals surface area contributed by atoms with Crippen molar-refractivity contribution in [1.29, 1.82) is 0 Å². The van der Waals surface area contributed by atoms with Crippen LogP contribution in [0.2, 0.25) is 5.02 Å². The Hall–Kier alpha value is -3.19. The van der Waals surface area contributed by atoms with Crippen LogP contribution in [-0.2, 0) is 30.6 Å². The summed E-state index contributed by atoms with van der Waals surface area (Å²) < 4.78 is 46.9. The molecule has 0 amide bonds. The number of ether oxygens (including phenoxy) is 1. The second kappa shape index (κ2) is 9.35. The normalized spacial score (nSPS) is 14.8. The van der Waals surface area contributed by atoms with Crippen LogP contribution in [0, 0.1) is 0 Å². The molecule has 10 nitrogen and oxygen atoms in total. The van der Waals surface area contributed by atoms with E-state index >= 15 is 0 Å². The molecule has 0 unspecified atom stereocenters. The highest BCUT2D eigenvalue weighted by atomic mass is 35.5. The summed E-state index contributed by atoms with van der Waals surface area (Å²) in [4.78, 5) is 22.1. The summed E-state index contributed by atoms with van der Waals surface area (Å²) in [5, 5.41) is 12.8. The van der Waals surface area contributed by atoms with Crippen molar-refractivity contribution in [2.75, 3.05) is 23.4 Å². The SMILES string of the molecule is C[C@@H](COCc1nn2c(c1Cl)CN(c1ncccn1)CC2)Nc1cn[nH]c(=O)c1C(F)(F)F. The molecule has 0 bridgehead atoms. The first kappa shape index (κ1) is 23.0. The van der Waals surface area contributed by atoms with E-state index in [0.29, 0.717) is 36.3 Å². The quantitative estimate of drug-likeness (QED) is 0.526. The van der Waals surface area contributed by atoms with E-state index in [1.165, 1.54) is 0 Å². The van der Waals surface area contributed by atoms with Crippen LogP contribution in [0.4, 0.5) is 24.8 Å². The Labute approximate surface area is 190 Å². The highest BCUT2D eigenvalue weighted by molar-refractivity contribution is 6.31. The number of halogens is 4. The summed E-state index contributed by atoms with van der Waals surface area (Å²) in [5.74, 6) is 0.603. The van der Waals surface area contributed by atoms with Gasteiger partial charge in [-0.3, -0.25) is 9.48 Å². The van der Waals surface area contributed by atoms with Crippen LogP contribution in [0.25, 0.3) is 0 Å². The number of nitrogens with one attached hydrogen (secondary N) is 2. The number of H-pyrrole nitrogens is 1. The highest BCUT2D eigenvalue weighted by Gasteiger charge is 2.37. The lowest BCUT2D eigenvalue weighted by molar-refractivity contribution is -0.138. The van der Waals surface area contributed by atoms with Gasteiger partial charge in [-0.2, -0.15) is 23.4 Å². The van der Waals surface area contributed by atoms with Gasteiger partial charge >= 0.3 is 6.18 Å². The molecular weight excluding hydrogens is 465 g/mol. The van der Waals surface area contributed by atoms with Crippen LogP contribution >= 0.6 is 11.6 Å². The number of aromatic nitrogens is 6. The van der Waals surface area contributed by atoms with Crippen LogP contribution in [0.3, 0.4) is 0 Å². The van der Waals surface area contributed by atoms with Crippen LogP contribution in [0.15, 0.2) is 29.5 Å². The average molecular weight is 485 g/mol. The number of anilines is 2. The molecule has 3 aromatic heterocycles. The molecule has 1 aliphatic rings. The van der Waals surface area contributed by atoms with Crippen LogP contribution in [0.5, 0.6) is 0 Å². The molecule has 14 heteroatoms. The van der Waals surface area contributed by atoms with Gasteiger partial charge in [-0.05, 0) is 13.0 Å². The Morgan fingerprint density at radius 1 is 1.30 bits per heavy atom. The molecule has 0 fully saturated rings. The lowest BCUT2D eigenvalue weighted by Crippen LogP contribution is -2.35. The van der Waals surface area contributed by atoms with Crippen molar-refractivity contribution in [2.24, 2.45) is 0 Å². The molecule has 176 valence electrons. The molecule has 0 saturated heterocycles. The Morgan fingerprint density at radius 2 is 2.06 bits per heavy atom. The summed E-state index contributed by atoms with van der Waals surface area (Å²) in [5.41, 5.74) is -1.72. The predicted octanol–water partition coefficient (Wildman–Crippen LogP) is 2.47. The van der Waals surface area contributed by atoms with Gasteiger partial charge < -0.3 is 15.0 Å². The molecule has 1 aliphatic heterocycles. The first-order valence-corrected chi connectivity index (χ1v) is 10.4. The molecule has 0 spiro atoms. The standard InChI is InChI=1S/C19H20ClF3N8O2/c1-11(27-12-7-26-28-17(32)15(12)19(21,22)23)9-33-10-13-16(20)14-8-30(5-6-31(14)29-13)18-24-3-2-4-25-18/h2-4,7,11H,5-6,8-10H2,1H3,(H2,27,28,32)/t11-/m0/s1. The first-order chi connectivity index (χ1) is 15.7. The molecular formula is C19H20ClF3N8O2. The van der Waals surface area contributed by atoms with E-state index in [4.69, 9.17) is 16.3 Å². The van der Waals surface area contributed by atoms with Crippen molar-refractivity contribution in [3.8, 4) is 0 Å². The van der Waals surface area contributed by atoms with Crippen molar-refractivity contribution < 1.29 is 17.9 Å². The van der Waals surface area contributed by atoms with Gasteiger partial charge in [0, 0.05) is 25.0 Å². The molecule has 0 radical (unpaired) electrons. The summed E-state index contributed by atoms with van der Waals surface area (Å²) in [7, 11) is 0. The summed E-state index contributed by atoms with van der Waals surface area (Å²) >= 11 is 6.51. The lowest BCUT2D eigenvalue weighted by Gasteiger charge is -2.27. The van der Waals surface area contributed by atoms with E-state index in [1.807, 2.05) is 4.90 Å². The van der Waals surface area contributed by atoms with E-state index in [9.17, 15) is 18.0 Å². The van der Waals surface area contributed by atoms with Gasteiger partial charge in [0.15, 0.2) is 0 Å². The zero-order chi connectivity index (χ0) is 23.6. The minimum Gasteiger partial charge on any atom is -0.378 e. The fraction of sp³-hybridized carbons (Fsp3) is 0.421. The van der Waals surface area contributed by atoms with Crippen molar-refractivity contribution >= 4 is 23.2 Å². The van der Waals surface area contributed by atoms with Gasteiger partial charge in [0.2, 0.25) is 5.95 Å². The minimum absolute atomic E-state index is 0.0482. The van der Waals surface area contributed by atoms with E-state index in [0.717, 1.165) is 11.9 Å². The van der Waals surface area contributed by atoms with Gasteiger partial charge in [-0.15, -0.1) is 0 Å². The Morgan fingerprint density at radius 3 is 2.79 bits per heavy atom. The maximum Gasteiger partial charge on any atom is 0.423 e. The number of hydrogen-bond acceptors (Lipinski definition) is 8. The van der Waals surface area contributed by atoms with Gasteiger partial charge in [0.1, 0.15) is 11.3 Å². The highest BCUT2D eigenvalue weighted by Crippen LogP contribution is 2.32. The molecule has 0 aliphatic carbocycles. The Kier molecular flexibility index (Phi) is 6.51. The summed E-state index contributed by atoms with van der Waals surface area (Å²) in [6, 6.07) is 1.20. The number of rotatable bonds is 7. The van der Waals surface area contributed by atoms with Crippen LogP contribution < -0.4 is 15.8 Å². The molecule has 3 aromatic rings. The van der Waals surface area contributed by atoms with E-state index in [-0.39, 0.29) is 13.2 Å². The van der Waals surface area contributed by atoms with Gasteiger partial charge in [0.25, 0.3) is 5.56 Å². The van der Waals surface area contributed by atoms with Gasteiger partial charge in [-0.1, -0.05) is 11.6 Å². The number of hydrogen-bond donors (Lipinski definition) is 2. The largest absolute Gasteiger partial charge is 0.423 e. The number of aromatic amines is 1. The van der Waals surface area contributed by atoms with Crippen molar-refractivity contribution in [3.63, 3.8) is 0 Å². The second-order valence-corrected chi connectivity index (χ2v) is 7.82. The molecule has 4 rings (SSSR count). The predicted molar refractivity (Wildman–Crippen MR) is 113 cm³/mol. The third-order valence-corrected chi connectivity index (χ3v) is 5.40. The maximum atomic E-state index is 13.2. The lowest BCUT2D eigenvalue weighted by atomic mass is 10.2. The third-order valence-electron chi connectivity index (χ3n) is 4.97. The summed E-state index contributed by atoms with van der Waals surface area (Å²) in [6.07, 6.45) is -0.558. The zero-order valence-corrected chi connectivity index (χ0v) is 18.2. The van der Waals surface area contributed by atoms with Gasteiger partial charge in [0.05, 0.1) is 48.9 Å². The zero-order valence-electron chi connectivity index (χ0n) is 17.4. The average Bonchev–Trinajstić information content (AvgIpc) is 3.08. The van der Waals surface area contributed by atoms with E-state index < -0.39 is 29.0 Å². The summed E-state index contributed by atoms with van der Waals surface area (Å²) in [6.45, 7) is 3.50. The topological polar surface area (TPSA) is 114 Å². The van der Waals surface area contributed by atoms with Gasteiger partial charge in [-0.25, -0.2) is 15.1 Å². The fourth-order valence-electron chi connectivity index (χ4n) is 3.49. The molecule has 4 heterocycles. The smallest absolute Gasteiger partial charge is 0.378 e. The first-order valence-electron chi connectivity index (χ1n) is 9.99. The molecule has 1 atom stereocenters. The fourth-order valence-corrected chi connectivity index (χ4v) is 3.74. The number of alkyl halides is 3. The third kappa shape index (κ3) is 5.09. The Bertz CT molecular complexity index is 1170. The van der Waals surface area contributed by atoms with E-state index in [1.54, 1.807) is 35.2 Å².